The number of aromatic nitrogens is 1. The van der Waals surface area contributed by atoms with Crippen LogP contribution in [0.25, 0.3) is 0 Å². The zero-order valence-electron chi connectivity index (χ0n) is 5.26. The van der Waals surface area contributed by atoms with Crippen LogP contribution in [0.1, 0.15) is 5.69 Å². The van der Waals surface area contributed by atoms with Crippen LogP contribution in [0.15, 0.2) is 18.3 Å². The molecule has 0 aromatic carbocycles. The number of nitrogens with zero attached hydrogens (tertiary/aromatic N) is 1. The van der Waals surface area contributed by atoms with Gasteiger partial charge in [-0.25, -0.2) is 0 Å². The molecule has 0 saturated heterocycles. The summed E-state index contributed by atoms with van der Waals surface area (Å²) in [6, 6.07) is 3.71. The summed E-state index contributed by atoms with van der Waals surface area (Å²) in [5, 5.41) is 2.53. The summed E-state index contributed by atoms with van der Waals surface area (Å²) in [5.41, 5.74) is 1.79. The third-order valence-electron chi connectivity index (χ3n) is 1.16. The molecule has 46 valence electrons. The van der Waals surface area contributed by atoms with Crippen molar-refractivity contribution < 1.29 is 0 Å². The third-order valence-corrected chi connectivity index (χ3v) is 1.16. The van der Waals surface area contributed by atoms with Crippen LogP contribution in [-0.4, -0.2) is 4.98 Å². The molecule has 0 fully saturated rings. The first-order chi connectivity index (χ1) is 4.34. The largest absolute Gasteiger partial charge is 0.377 e. The molecule has 1 rings (SSSR count). The van der Waals surface area contributed by atoms with Gasteiger partial charge in [0.05, 0.1) is 18.4 Å². The molecule has 1 aromatic rings. The maximum Gasteiger partial charge on any atom is 0.0706 e. The van der Waals surface area contributed by atoms with E-state index in [0.717, 1.165) is 11.4 Å². The minimum absolute atomic E-state index is 0.873. The van der Waals surface area contributed by atoms with Gasteiger partial charge in [-0.1, -0.05) is 0 Å². The Labute approximate surface area is 54.9 Å². The van der Waals surface area contributed by atoms with E-state index in [9.17, 15) is 0 Å². The molecule has 0 aliphatic rings. The van der Waals surface area contributed by atoms with Gasteiger partial charge in [0.1, 0.15) is 0 Å². The van der Waals surface area contributed by atoms with E-state index in [0.29, 0.717) is 0 Å². The van der Waals surface area contributed by atoms with Crippen LogP contribution >= 0.6 is 0 Å². The predicted molar refractivity (Wildman–Crippen MR) is 36.9 cm³/mol. The molecule has 2 radical (unpaired) electrons. The van der Waals surface area contributed by atoms with Gasteiger partial charge in [0.25, 0.3) is 0 Å². The van der Waals surface area contributed by atoms with Crippen molar-refractivity contribution in [3.8, 4) is 0 Å². The van der Waals surface area contributed by atoms with Gasteiger partial charge in [0, 0.05) is 6.20 Å². The lowest BCUT2D eigenvalue weighted by atomic mass is 10.3. The molecule has 0 amide bonds. The van der Waals surface area contributed by atoms with E-state index in [-0.39, 0.29) is 0 Å². The van der Waals surface area contributed by atoms with Gasteiger partial charge < -0.3 is 5.32 Å². The average molecular weight is 120 g/mol. The van der Waals surface area contributed by atoms with Crippen molar-refractivity contribution in [3.05, 3.63) is 31.1 Å². The second-order valence-electron chi connectivity index (χ2n) is 1.78. The number of hydrogen-bond donors (Lipinski definition) is 1. The van der Waals surface area contributed by atoms with Crippen molar-refractivity contribution in [1.82, 2.24) is 4.98 Å². The molecule has 0 aliphatic carbocycles. The lowest BCUT2D eigenvalue weighted by molar-refractivity contribution is 1.20. The topological polar surface area (TPSA) is 24.9 Å². The fraction of sp³-hybridized carbons (Fsp3) is 0.143. The number of anilines is 1. The second kappa shape index (κ2) is 2.49. The molecule has 1 aromatic heterocycles. The maximum atomic E-state index is 5.16. The van der Waals surface area contributed by atoms with Crippen LogP contribution in [0.5, 0.6) is 0 Å². The van der Waals surface area contributed by atoms with Gasteiger partial charge in [-0.3, -0.25) is 4.98 Å². The molecule has 2 heteroatoms. The summed E-state index contributed by atoms with van der Waals surface area (Å²) in [6.45, 7) is 1.90. The van der Waals surface area contributed by atoms with Crippen molar-refractivity contribution in [1.29, 1.82) is 0 Å². The van der Waals surface area contributed by atoms with Gasteiger partial charge in [-0.2, -0.15) is 0 Å². The number of rotatable bonds is 1. The van der Waals surface area contributed by atoms with E-state index in [2.05, 4.69) is 10.3 Å². The van der Waals surface area contributed by atoms with E-state index in [1.807, 2.05) is 19.1 Å². The Hall–Kier alpha value is -1.05. The summed E-state index contributed by atoms with van der Waals surface area (Å²) in [6.07, 6.45) is 1.73. The molecule has 1 heterocycles. The molecule has 2 nitrogen and oxygen atoms in total. The molecule has 0 saturated carbocycles. The summed E-state index contributed by atoms with van der Waals surface area (Å²) in [4.78, 5) is 4.01. The Morgan fingerprint density at radius 3 is 2.89 bits per heavy atom. The quantitative estimate of drug-likeness (QED) is 0.568. The molecule has 9 heavy (non-hydrogen) atoms. The lowest BCUT2D eigenvalue weighted by Crippen LogP contribution is -1.89. The van der Waals surface area contributed by atoms with Crippen LogP contribution in [0.3, 0.4) is 0 Å². The van der Waals surface area contributed by atoms with Crippen LogP contribution in [-0.2, 0) is 0 Å². The zero-order chi connectivity index (χ0) is 6.69. The third kappa shape index (κ3) is 1.19. The van der Waals surface area contributed by atoms with Gasteiger partial charge >= 0.3 is 0 Å². The van der Waals surface area contributed by atoms with Gasteiger partial charge in [0.15, 0.2) is 0 Å². The molecule has 0 atom stereocenters. The maximum absolute atomic E-state index is 5.16. The van der Waals surface area contributed by atoms with Crippen LogP contribution < -0.4 is 5.32 Å². The van der Waals surface area contributed by atoms with Gasteiger partial charge in [0.2, 0.25) is 0 Å². The molecular formula is C7H8N2. The fourth-order valence-electron chi connectivity index (χ4n) is 0.637. The number of pyridine rings is 1. The highest BCUT2D eigenvalue weighted by molar-refractivity contribution is 5.46. The van der Waals surface area contributed by atoms with Crippen molar-refractivity contribution in [3.63, 3.8) is 0 Å². The first kappa shape index (κ1) is 6.08. The van der Waals surface area contributed by atoms with Crippen LogP contribution in [0.4, 0.5) is 5.69 Å². The summed E-state index contributed by atoms with van der Waals surface area (Å²) in [7, 11) is 5.16. The Kier molecular flexibility index (Phi) is 1.68. The van der Waals surface area contributed by atoms with Gasteiger partial charge in [-0.15, -0.1) is 0 Å². The smallest absolute Gasteiger partial charge is 0.0706 e. The number of hydrogen-bond acceptors (Lipinski definition) is 2. The molecular weight excluding hydrogens is 112 g/mol. The normalized spacial score (nSPS) is 9.11. The number of nitrogens with one attached hydrogen (secondary N) is 1. The summed E-state index contributed by atoms with van der Waals surface area (Å²) >= 11 is 0. The molecule has 0 aliphatic heterocycles. The zero-order valence-corrected chi connectivity index (χ0v) is 5.26. The molecule has 0 spiro atoms. The minimum Gasteiger partial charge on any atom is -0.377 e. The Morgan fingerprint density at radius 2 is 2.44 bits per heavy atom. The highest BCUT2D eigenvalue weighted by atomic mass is 14.9. The highest BCUT2D eigenvalue weighted by Crippen LogP contribution is 2.08. The second-order valence-corrected chi connectivity index (χ2v) is 1.78. The van der Waals surface area contributed by atoms with E-state index >= 15 is 0 Å². The molecule has 1 N–H and O–H groups in total. The van der Waals surface area contributed by atoms with Crippen molar-refractivity contribution in [2.24, 2.45) is 0 Å². The fourth-order valence-corrected chi connectivity index (χ4v) is 0.637. The highest BCUT2D eigenvalue weighted by Gasteiger charge is 1.90. The predicted octanol–water partition coefficient (Wildman–Crippen LogP) is 1.47. The summed E-state index contributed by atoms with van der Waals surface area (Å²) in [5.74, 6) is 0. The molecule has 0 bridgehead atoms. The standard InChI is InChI=1S/C7H8N2/c1-6-7(8-2)4-3-5-9-6/h2-5,8H,1H3. The van der Waals surface area contributed by atoms with E-state index in [4.69, 9.17) is 7.05 Å². The monoisotopic (exact) mass is 120 g/mol. The van der Waals surface area contributed by atoms with Gasteiger partial charge in [-0.05, 0) is 19.1 Å². The minimum atomic E-state index is 0.873. The Bertz CT molecular complexity index is 196. The Morgan fingerprint density at radius 1 is 1.67 bits per heavy atom. The van der Waals surface area contributed by atoms with Crippen molar-refractivity contribution in [2.45, 2.75) is 6.92 Å². The Balaban J connectivity index is 3.01. The average Bonchev–Trinajstić information content (AvgIpc) is 1.89. The first-order valence-electron chi connectivity index (χ1n) is 2.73. The SMILES string of the molecule is [CH]Nc1cccnc1C. The lowest BCUT2D eigenvalue weighted by Gasteiger charge is -1.99. The summed E-state index contributed by atoms with van der Waals surface area (Å²) < 4.78 is 0. The van der Waals surface area contributed by atoms with Crippen molar-refractivity contribution >= 4 is 5.69 Å². The first-order valence-corrected chi connectivity index (χ1v) is 2.73. The van der Waals surface area contributed by atoms with E-state index in [1.165, 1.54) is 0 Å². The molecule has 0 unspecified atom stereocenters. The van der Waals surface area contributed by atoms with E-state index in [1.54, 1.807) is 6.20 Å². The van der Waals surface area contributed by atoms with Crippen LogP contribution in [0.2, 0.25) is 0 Å². The van der Waals surface area contributed by atoms with Crippen molar-refractivity contribution in [2.75, 3.05) is 5.32 Å². The number of aryl methyl sites for hydroxylation is 1. The van der Waals surface area contributed by atoms with E-state index < -0.39 is 0 Å². The van der Waals surface area contributed by atoms with Crippen LogP contribution in [0, 0.1) is 14.0 Å².